The quantitative estimate of drug-likeness (QED) is 0.148. The van der Waals surface area contributed by atoms with E-state index in [1.54, 1.807) is 41.4 Å². The van der Waals surface area contributed by atoms with Crippen LogP contribution in [0.1, 0.15) is 74.7 Å². The number of anilines is 3. The molecule has 6 heterocycles. The number of nitrogens with two attached hydrogens (primary N) is 1. The number of nitrogen functional groups attached to an aromatic ring is 1. The Hall–Kier alpha value is -5.53. The average Bonchev–Trinajstić information content (AvgIpc) is 3.59. The smallest absolute Gasteiger partial charge is 0.256 e. The van der Waals surface area contributed by atoms with Gasteiger partial charge in [-0.15, -0.1) is 10.2 Å². The fourth-order valence-electron chi connectivity index (χ4n) is 9.48. The number of carbonyl (C=O) groups is 1. The lowest BCUT2D eigenvalue weighted by molar-refractivity contribution is 0.0157. The molecule has 308 valence electrons. The molecule has 3 atom stereocenters. The van der Waals surface area contributed by atoms with Gasteiger partial charge in [-0.3, -0.25) is 10.1 Å². The van der Waals surface area contributed by atoms with E-state index in [1.165, 1.54) is 6.07 Å². The van der Waals surface area contributed by atoms with Gasteiger partial charge in [0, 0.05) is 113 Å². The maximum atomic E-state index is 16.4. The second-order valence-electron chi connectivity index (χ2n) is 16.6. The van der Waals surface area contributed by atoms with E-state index in [9.17, 15) is 9.90 Å². The monoisotopic (exact) mass is 803 g/mol. The lowest BCUT2D eigenvalue weighted by Gasteiger charge is -2.41. The molecule has 3 saturated heterocycles. The minimum absolute atomic E-state index is 0.00212. The van der Waals surface area contributed by atoms with Crippen LogP contribution in [0.25, 0.3) is 22.2 Å². The summed E-state index contributed by atoms with van der Waals surface area (Å²) in [6.07, 6.45) is 9.64. The van der Waals surface area contributed by atoms with Crippen molar-refractivity contribution in [3.63, 3.8) is 0 Å². The summed E-state index contributed by atoms with van der Waals surface area (Å²) in [5.41, 5.74) is 10.6. The first-order chi connectivity index (χ1) is 29.4. The van der Waals surface area contributed by atoms with Crippen LogP contribution in [0.15, 0.2) is 85.2 Å². The van der Waals surface area contributed by atoms with Crippen LogP contribution in [-0.2, 0) is 0 Å². The summed E-state index contributed by atoms with van der Waals surface area (Å²) in [7, 11) is 0. The molecule has 11 nitrogen and oxygen atoms in total. The Morgan fingerprint density at radius 3 is 2.61 bits per heavy atom. The standard InChI is InChI=1S/C46H53F2N9O2/c1-31-27-57(41-12-10-35(25-38(31)41)56-19-5-17-50-30-56)34-13-20-53(21-14-34)29-46(48)15-22-54(23-16-46)45(59)36-11-9-32(24-39(36)47)33-6-4-18-55(28-33)42-26-40(51-52-44(42)49)37-7-2-3-8-43(37)58/h2-3,5,7-12,19,24-27,33-34,50,58H,4,6,13-18,20-23,28-30H2,1H3,(H2,49,52)/i17D,30D/t17?,30-,33?/m0/s1. The third kappa shape index (κ3) is 7.97. The van der Waals surface area contributed by atoms with E-state index >= 15 is 8.78 Å². The number of carbonyl (C=O) groups excluding carboxylic acids is 1. The van der Waals surface area contributed by atoms with E-state index in [0.29, 0.717) is 30.0 Å². The summed E-state index contributed by atoms with van der Waals surface area (Å²) in [6, 6.07) is 20.2. The Balaban J connectivity index is 0.783. The average molecular weight is 804 g/mol. The number of hydrogen-bond acceptors (Lipinski definition) is 9. The van der Waals surface area contributed by atoms with E-state index in [0.717, 1.165) is 73.0 Å². The first-order valence-corrected chi connectivity index (χ1v) is 20.8. The molecule has 4 aliphatic rings. The number of halogens is 2. The zero-order valence-corrected chi connectivity index (χ0v) is 33.4. The molecule has 3 aromatic carbocycles. The Morgan fingerprint density at radius 1 is 1.02 bits per heavy atom. The molecule has 0 bridgehead atoms. The number of aryl methyl sites for hydroxylation is 1. The van der Waals surface area contributed by atoms with Gasteiger partial charge in [0.25, 0.3) is 5.91 Å². The number of nitrogens with zero attached hydrogens (tertiary/aromatic N) is 7. The fourth-order valence-corrected chi connectivity index (χ4v) is 9.48. The molecule has 0 spiro atoms. The Bertz CT molecular complexity index is 2450. The molecule has 5 aromatic rings. The molecule has 1 amide bonds. The van der Waals surface area contributed by atoms with Crippen molar-refractivity contribution in [1.29, 1.82) is 0 Å². The summed E-state index contributed by atoms with van der Waals surface area (Å²) in [4.78, 5) is 21.4. The Labute approximate surface area is 346 Å². The number of rotatable bonds is 8. The largest absolute Gasteiger partial charge is 0.507 e. The van der Waals surface area contributed by atoms with E-state index < -0.39 is 30.6 Å². The predicted octanol–water partition coefficient (Wildman–Crippen LogP) is 7.38. The summed E-state index contributed by atoms with van der Waals surface area (Å²) in [5.74, 6) is -0.600. The lowest BCUT2D eigenvalue weighted by atomic mass is 9.89. The Morgan fingerprint density at radius 2 is 1.83 bits per heavy atom. The summed E-state index contributed by atoms with van der Waals surface area (Å²) < 4.78 is 50.7. The molecule has 3 fully saturated rings. The third-order valence-electron chi connectivity index (χ3n) is 12.8. The number of alkyl halides is 1. The van der Waals surface area contributed by atoms with Crippen molar-refractivity contribution in [2.24, 2.45) is 0 Å². The van der Waals surface area contributed by atoms with Gasteiger partial charge in [-0.1, -0.05) is 24.3 Å². The number of hydrogen-bond donors (Lipinski definition) is 3. The van der Waals surface area contributed by atoms with Crippen molar-refractivity contribution in [1.82, 2.24) is 29.9 Å². The Kier molecular flexibility index (Phi) is 10.1. The molecule has 9 rings (SSSR count). The van der Waals surface area contributed by atoms with Gasteiger partial charge in [0.1, 0.15) is 17.2 Å². The summed E-state index contributed by atoms with van der Waals surface area (Å²) in [6.45, 7) is 4.45. The molecule has 0 radical (unpaired) electrons. The van der Waals surface area contributed by atoms with Gasteiger partial charge in [0.2, 0.25) is 0 Å². The van der Waals surface area contributed by atoms with E-state index in [4.69, 9.17) is 8.48 Å². The van der Waals surface area contributed by atoms with Crippen molar-refractivity contribution >= 4 is 34.0 Å². The number of amides is 1. The number of likely N-dealkylation sites (tertiary alicyclic amines) is 2. The van der Waals surface area contributed by atoms with E-state index in [1.807, 2.05) is 29.2 Å². The molecule has 4 N–H and O–H groups in total. The predicted molar refractivity (Wildman–Crippen MR) is 229 cm³/mol. The molecule has 13 heteroatoms. The van der Waals surface area contributed by atoms with Crippen molar-refractivity contribution in [3.8, 4) is 17.0 Å². The molecular weight excluding hydrogens is 749 g/mol. The normalized spacial score (nSPS) is 23.4. The van der Waals surface area contributed by atoms with Crippen LogP contribution in [0.4, 0.5) is 26.0 Å². The minimum atomic E-state index is -1.42. The highest BCUT2D eigenvalue weighted by Gasteiger charge is 2.39. The minimum Gasteiger partial charge on any atom is -0.507 e. The number of para-hydroxylation sites is 1. The highest BCUT2D eigenvalue weighted by atomic mass is 19.1. The number of fused-ring (bicyclic) bond motifs is 1. The molecule has 0 saturated carbocycles. The molecule has 59 heavy (non-hydrogen) atoms. The van der Waals surface area contributed by atoms with Crippen molar-refractivity contribution in [2.45, 2.75) is 63.1 Å². The van der Waals surface area contributed by atoms with Crippen molar-refractivity contribution in [2.75, 3.05) is 74.5 Å². The first kappa shape index (κ1) is 36.5. The van der Waals surface area contributed by atoms with Gasteiger partial charge in [-0.2, -0.15) is 0 Å². The van der Waals surface area contributed by atoms with Crippen LogP contribution in [-0.4, -0.2) is 100 Å². The topological polar surface area (TPSA) is 119 Å². The molecular formula is C46H53F2N9O2. The van der Waals surface area contributed by atoms with E-state index in [2.05, 4.69) is 55.1 Å². The number of aromatic nitrogens is 3. The molecule has 4 aliphatic heterocycles. The van der Waals surface area contributed by atoms with Crippen LogP contribution in [0, 0.1) is 12.7 Å². The molecule has 2 unspecified atom stereocenters. The third-order valence-corrected chi connectivity index (χ3v) is 12.8. The zero-order chi connectivity index (χ0) is 42.4. The van der Waals surface area contributed by atoms with Crippen molar-refractivity contribution in [3.05, 3.63) is 108 Å². The molecule has 2 aromatic heterocycles. The first-order valence-electron chi connectivity index (χ1n) is 21.9. The van der Waals surface area contributed by atoms with Crippen LogP contribution in [0.5, 0.6) is 5.75 Å². The number of nitrogens with one attached hydrogen (secondary N) is 1. The highest BCUT2D eigenvalue weighted by molar-refractivity contribution is 5.94. The van der Waals surface area contributed by atoms with Crippen LogP contribution >= 0.6 is 0 Å². The second kappa shape index (κ2) is 16.3. The van der Waals surface area contributed by atoms with Gasteiger partial charge in [-0.25, -0.2) is 8.78 Å². The SMILES string of the molecule is [2H]C1C=CN(c2ccc3c(c2)c(C)cn3C2CCN(CC3(F)CCN(C(=O)c4ccc(C5CCCN(c6cc(-c7ccccc7O)nnc6N)C5)cc4F)CC3)CC2)[C@@H]([2H])N1. The van der Waals surface area contributed by atoms with Gasteiger partial charge in [-0.05, 0) is 92.3 Å². The van der Waals surface area contributed by atoms with Gasteiger partial charge >= 0.3 is 0 Å². The number of piperidine rings is 3. The summed E-state index contributed by atoms with van der Waals surface area (Å²) >= 11 is 0. The fraction of sp³-hybridized carbons (Fsp3) is 0.413. The van der Waals surface area contributed by atoms with Crippen LogP contribution in [0.3, 0.4) is 0 Å². The van der Waals surface area contributed by atoms with Crippen LogP contribution < -0.4 is 20.9 Å². The summed E-state index contributed by atoms with van der Waals surface area (Å²) in [5, 5.41) is 22.8. The number of phenols is 1. The maximum Gasteiger partial charge on any atom is 0.256 e. The van der Waals surface area contributed by atoms with Crippen molar-refractivity contribution < 1.29 is 21.4 Å². The number of benzene rings is 3. The number of phenolic OH excluding ortho intramolecular Hbond substituents is 1. The lowest BCUT2D eigenvalue weighted by Crippen LogP contribution is -2.51. The van der Waals surface area contributed by atoms with Gasteiger partial charge in [0.15, 0.2) is 5.82 Å². The molecule has 0 aliphatic carbocycles. The highest BCUT2D eigenvalue weighted by Crippen LogP contribution is 2.38. The second-order valence-corrected chi connectivity index (χ2v) is 16.6. The van der Waals surface area contributed by atoms with Gasteiger partial charge < -0.3 is 35.0 Å². The van der Waals surface area contributed by atoms with E-state index in [-0.39, 0.29) is 55.0 Å². The maximum absolute atomic E-state index is 16.4. The zero-order valence-electron chi connectivity index (χ0n) is 35.4. The van der Waals surface area contributed by atoms with Crippen LogP contribution in [0.2, 0.25) is 0 Å². The van der Waals surface area contributed by atoms with Gasteiger partial charge in [0.05, 0.1) is 25.0 Å². The number of aromatic hydroxyl groups is 1.